The van der Waals surface area contributed by atoms with E-state index in [9.17, 15) is 4.55 Å². The number of hydrogen-bond acceptors (Lipinski definition) is 1. The molecule has 3 aromatic carbocycles. The van der Waals surface area contributed by atoms with Crippen molar-refractivity contribution in [2.75, 3.05) is 6.26 Å². The van der Waals surface area contributed by atoms with Gasteiger partial charge in [0.2, 0.25) is 0 Å². The zero-order valence-corrected chi connectivity index (χ0v) is 15.6. The van der Waals surface area contributed by atoms with Crippen molar-refractivity contribution in [3.8, 4) is 22.3 Å². The van der Waals surface area contributed by atoms with Crippen molar-refractivity contribution in [1.29, 1.82) is 0 Å². The third kappa shape index (κ3) is 3.64. The van der Waals surface area contributed by atoms with Crippen molar-refractivity contribution in [1.82, 2.24) is 0 Å². The largest absolute Gasteiger partial charge is 0.612 e. The normalized spacial score (nSPS) is 12.2. The molecule has 0 aliphatic heterocycles. The summed E-state index contributed by atoms with van der Waals surface area (Å²) in [7, 11) is 0. The minimum Gasteiger partial charge on any atom is -0.612 e. The van der Waals surface area contributed by atoms with E-state index in [1.807, 2.05) is 54.6 Å². The van der Waals surface area contributed by atoms with Crippen LogP contribution in [-0.4, -0.2) is 10.8 Å². The van der Waals surface area contributed by atoms with E-state index < -0.39 is 11.2 Å². The molecule has 0 saturated heterocycles. The van der Waals surface area contributed by atoms with Crippen LogP contribution in [0.5, 0.6) is 0 Å². The third-order valence-corrected chi connectivity index (χ3v) is 5.34. The monoisotopic (exact) mass is 404 g/mol. The highest BCUT2D eigenvalue weighted by atomic mass is 79.9. The average Bonchev–Trinajstić information content (AvgIpc) is 2.55. The molecule has 3 aromatic rings. The van der Waals surface area contributed by atoms with Gasteiger partial charge in [-0.25, -0.2) is 0 Å². The summed E-state index contributed by atoms with van der Waals surface area (Å²) in [6.45, 7) is 0. The Bertz CT molecular complexity index is 831. The Morgan fingerprint density at radius 2 is 1.52 bits per heavy atom. The van der Waals surface area contributed by atoms with E-state index in [1.165, 1.54) is 0 Å². The fraction of sp³-hybridized carbons (Fsp3) is 0.0526. The second-order valence-electron chi connectivity index (χ2n) is 5.15. The second-order valence-corrected chi connectivity index (χ2v) is 7.85. The predicted octanol–water partition coefficient (Wildman–Crippen LogP) is 6.17. The summed E-state index contributed by atoms with van der Waals surface area (Å²) in [4.78, 5) is 0.828. The lowest BCUT2D eigenvalue weighted by Crippen LogP contribution is -2.00. The number of rotatable bonds is 3. The minimum absolute atomic E-state index is 0.712. The van der Waals surface area contributed by atoms with Crippen LogP contribution in [0.2, 0.25) is 5.02 Å². The molecule has 116 valence electrons. The summed E-state index contributed by atoms with van der Waals surface area (Å²) in [6.07, 6.45) is 1.71. The Labute approximate surface area is 152 Å². The number of hydrogen-bond donors (Lipinski definition) is 0. The van der Waals surface area contributed by atoms with Crippen molar-refractivity contribution in [3.63, 3.8) is 0 Å². The predicted molar refractivity (Wildman–Crippen MR) is 102 cm³/mol. The minimum atomic E-state index is -1.06. The van der Waals surface area contributed by atoms with Gasteiger partial charge in [-0.15, -0.1) is 0 Å². The Kier molecular flexibility index (Phi) is 5.12. The van der Waals surface area contributed by atoms with Crippen LogP contribution in [-0.2, 0) is 11.2 Å². The molecule has 4 heteroatoms. The van der Waals surface area contributed by atoms with Crippen LogP contribution in [0.15, 0.2) is 76.1 Å². The molecular weight excluding hydrogens is 392 g/mol. The van der Waals surface area contributed by atoms with Crippen LogP contribution in [0.4, 0.5) is 0 Å². The lowest BCUT2D eigenvalue weighted by molar-refractivity contribution is 0.601. The molecule has 0 aliphatic rings. The Morgan fingerprint density at radius 1 is 0.870 bits per heavy atom. The average molecular weight is 406 g/mol. The van der Waals surface area contributed by atoms with Gasteiger partial charge < -0.3 is 4.55 Å². The van der Waals surface area contributed by atoms with Crippen LogP contribution in [0.1, 0.15) is 0 Å². The highest BCUT2D eigenvalue weighted by Crippen LogP contribution is 2.37. The Morgan fingerprint density at radius 3 is 2.17 bits per heavy atom. The van der Waals surface area contributed by atoms with Gasteiger partial charge in [-0.2, -0.15) is 0 Å². The van der Waals surface area contributed by atoms with Gasteiger partial charge in [-0.3, -0.25) is 0 Å². The van der Waals surface area contributed by atoms with E-state index in [1.54, 1.807) is 6.26 Å². The molecule has 0 fully saturated rings. The van der Waals surface area contributed by atoms with E-state index in [0.717, 1.165) is 31.6 Å². The van der Waals surface area contributed by atoms with Gasteiger partial charge in [0.25, 0.3) is 0 Å². The van der Waals surface area contributed by atoms with Crippen molar-refractivity contribution in [3.05, 3.63) is 76.2 Å². The fourth-order valence-electron chi connectivity index (χ4n) is 2.56. The van der Waals surface area contributed by atoms with Gasteiger partial charge in [-0.05, 0) is 58.2 Å². The molecule has 1 atom stereocenters. The smallest absolute Gasteiger partial charge is 0.160 e. The van der Waals surface area contributed by atoms with Crippen LogP contribution in [0.3, 0.4) is 0 Å². The van der Waals surface area contributed by atoms with E-state index in [-0.39, 0.29) is 0 Å². The maximum atomic E-state index is 12.1. The molecule has 0 amide bonds. The van der Waals surface area contributed by atoms with E-state index in [2.05, 4.69) is 28.1 Å². The zero-order valence-electron chi connectivity index (χ0n) is 12.4. The molecule has 0 spiro atoms. The molecule has 3 rings (SSSR count). The van der Waals surface area contributed by atoms with Crippen molar-refractivity contribution >= 4 is 38.7 Å². The van der Waals surface area contributed by atoms with Gasteiger partial charge >= 0.3 is 0 Å². The maximum absolute atomic E-state index is 12.1. The molecule has 0 N–H and O–H groups in total. The summed E-state index contributed by atoms with van der Waals surface area (Å²) in [5, 5.41) is 0.712. The van der Waals surface area contributed by atoms with Crippen molar-refractivity contribution in [2.24, 2.45) is 0 Å². The van der Waals surface area contributed by atoms with Gasteiger partial charge in [0.15, 0.2) is 4.90 Å². The second kappa shape index (κ2) is 7.10. The lowest BCUT2D eigenvalue weighted by Gasteiger charge is -2.15. The third-order valence-electron chi connectivity index (χ3n) is 3.62. The molecule has 0 radical (unpaired) electrons. The standard InChI is InChI=1S/C19H14BrClOS/c1-23(22)19-11-8-14(20)12-18(19)17-5-3-2-4-16(17)13-6-9-15(21)10-7-13/h2-12H,1H3. The molecule has 0 saturated carbocycles. The maximum Gasteiger partial charge on any atom is 0.160 e. The molecule has 1 unspecified atom stereocenters. The number of halogens is 2. The van der Waals surface area contributed by atoms with Crippen molar-refractivity contribution in [2.45, 2.75) is 4.90 Å². The molecule has 0 bridgehead atoms. The molecular formula is C19H14BrClOS. The summed E-state index contributed by atoms with van der Waals surface area (Å²) in [5.41, 5.74) is 4.21. The zero-order chi connectivity index (χ0) is 16.4. The molecule has 0 heterocycles. The van der Waals surface area contributed by atoms with Crippen LogP contribution in [0, 0.1) is 0 Å². The van der Waals surface area contributed by atoms with Crippen LogP contribution >= 0.6 is 27.5 Å². The SMILES string of the molecule is C[S+]([O-])c1ccc(Br)cc1-c1ccccc1-c1ccc(Cl)cc1. The first-order valence-electron chi connectivity index (χ1n) is 7.04. The molecule has 0 aliphatic carbocycles. The highest BCUT2D eigenvalue weighted by molar-refractivity contribution is 9.10. The van der Waals surface area contributed by atoms with Gasteiger partial charge in [0.1, 0.15) is 6.26 Å². The van der Waals surface area contributed by atoms with E-state index >= 15 is 0 Å². The summed E-state index contributed by atoms with van der Waals surface area (Å²) >= 11 is 8.45. The summed E-state index contributed by atoms with van der Waals surface area (Å²) < 4.78 is 13.1. The first-order chi connectivity index (χ1) is 11.1. The topological polar surface area (TPSA) is 23.1 Å². The van der Waals surface area contributed by atoms with Crippen LogP contribution < -0.4 is 0 Å². The highest BCUT2D eigenvalue weighted by Gasteiger charge is 2.17. The quantitative estimate of drug-likeness (QED) is 0.478. The van der Waals surface area contributed by atoms with E-state index in [4.69, 9.17) is 11.6 Å². The first-order valence-corrected chi connectivity index (χ1v) is 9.77. The van der Waals surface area contributed by atoms with Crippen molar-refractivity contribution < 1.29 is 4.55 Å². The molecule has 0 aromatic heterocycles. The first kappa shape index (κ1) is 16.6. The van der Waals surface area contributed by atoms with Gasteiger partial charge in [0.05, 0.1) is 0 Å². The van der Waals surface area contributed by atoms with E-state index in [0.29, 0.717) is 5.02 Å². The molecule has 1 nitrogen and oxygen atoms in total. The molecule has 23 heavy (non-hydrogen) atoms. The Hall–Kier alpha value is -1.26. The van der Waals surface area contributed by atoms with Gasteiger partial charge in [-0.1, -0.05) is 63.9 Å². The Balaban J connectivity index is 2.22. The number of benzene rings is 3. The summed E-state index contributed by atoms with van der Waals surface area (Å²) in [6, 6.07) is 21.8. The fourth-order valence-corrected chi connectivity index (χ4v) is 3.79. The van der Waals surface area contributed by atoms with Gasteiger partial charge in [0, 0.05) is 15.1 Å². The lowest BCUT2D eigenvalue weighted by atomic mass is 9.95. The summed E-state index contributed by atoms with van der Waals surface area (Å²) in [5.74, 6) is 0. The van der Waals surface area contributed by atoms with Crippen LogP contribution in [0.25, 0.3) is 22.3 Å².